The summed E-state index contributed by atoms with van der Waals surface area (Å²) >= 11 is 1.67. The Morgan fingerprint density at radius 2 is 2.35 bits per heavy atom. The summed E-state index contributed by atoms with van der Waals surface area (Å²) in [6.45, 7) is 5.34. The second-order valence-corrected chi connectivity index (χ2v) is 5.65. The molecule has 2 heterocycles. The van der Waals surface area contributed by atoms with E-state index in [4.69, 9.17) is 4.74 Å². The van der Waals surface area contributed by atoms with Crippen LogP contribution in [0.15, 0.2) is 11.6 Å². The second kappa shape index (κ2) is 7.09. The van der Waals surface area contributed by atoms with Gasteiger partial charge in [-0.3, -0.25) is 0 Å². The standard InChI is InChI=1S/C13H22N2OS/c1-11(13-15-8-10-17-13)16-9-2-3-12-4-6-14-7-5-12/h8,10-12,14H,2-7,9H2,1H3/t11-/m0/s1. The van der Waals surface area contributed by atoms with Crippen molar-refractivity contribution in [3.05, 3.63) is 16.6 Å². The van der Waals surface area contributed by atoms with E-state index in [9.17, 15) is 0 Å². The van der Waals surface area contributed by atoms with Gasteiger partial charge in [-0.15, -0.1) is 11.3 Å². The van der Waals surface area contributed by atoms with Crippen molar-refractivity contribution in [2.24, 2.45) is 5.92 Å². The molecule has 1 aromatic rings. The van der Waals surface area contributed by atoms with Crippen molar-refractivity contribution in [3.63, 3.8) is 0 Å². The predicted molar refractivity (Wildman–Crippen MR) is 71.3 cm³/mol. The minimum absolute atomic E-state index is 0.156. The van der Waals surface area contributed by atoms with Crippen LogP contribution in [0.1, 0.15) is 43.7 Å². The molecule has 4 heteroatoms. The zero-order chi connectivity index (χ0) is 11.9. The highest BCUT2D eigenvalue weighted by molar-refractivity contribution is 7.09. The van der Waals surface area contributed by atoms with Crippen LogP contribution in [-0.2, 0) is 4.74 Å². The molecule has 0 spiro atoms. The van der Waals surface area contributed by atoms with E-state index in [2.05, 4.69) is 17.2 Å². The number of hydrogen-bond donors (Lipinski definition) is 1. The van der Waals surface area contributed by atoms with Crippen LogP contribution in [0.2, 0.25) is 0 Å². The van der Waals surface area contributed by atoms with Crippen LogP contribution in [0.3, 0.4) is 0 Å². The normalized spacial score (nSPS) is 19.4. The van der Waals surface area contributed by atoms with E-state index in [0.29, 0.717) is 0 Å². The fourth-order valence-electron chi connectivity index (χ4n) is 2.31. The van der Waals surface area contributed by atoms with Crippen LogP contribution in [0.5, 0.6) is 0 Å². The van der Waals surface area contributed by atoms with Gasteiger partial charge in [0.1, 0.15) is 11.1 Å². The maximum Gasteiger partial charge on any atom is 0.121 e. The molecule has 1 aromatic heterocycles. The van der Waals surface area contributed by atoms with Crippen molar-refractivity contribution >= 4 is 11.3 Å². The average molecular weight is 254 g/mol. The SMILES string of the molecule is C[C@H](OCCCC1CCNCC1)c1nccs1. The summed E-state index contributed by atoms with van der Waals surface area (Å²) in [7, 11) is 0. The van der Waals surface area contributed by atoms with Crippen molar-refractivity contribution in [1.82, 2.24) is 10.3 Å². The van der Waals surface area contributed by atoms with E-state index in [-0.39, 0.29) is 6.10 Å². The van der Waals surface area contributed by atoms with Gasteiger partial charge in [0.05, 0.1) is 0 Å². The first kappa shape index (κ1) is 13.0. The monoisotopic (exact) mass is 254 g/mol. The first-order valence-electron chi connectivity index (χ1n) is 6.58. The lowest BCUT2D eigenvalue weighted by atomic mass is 9.93. The summed E-state index contributed by atoms with van der Waals surface area (Å²) in [5.74, 6) is 0.912. The van der Waals surface area contributed by atoms with Gasteiger partial charge in [0.2, 0.25) is 0 Å². The first-order valence-corrected chi connectivity index (χ1v) is 7.46. The van der Waals surface area contributed by atoms with Gasteiger partial charge in [0.25, 0.3) is 0 Å². The van der Waals surface area contributed by atoms with Crippen LogP contribution in [-0.4, -0.2) is 24.7 Å². The number of aromatic nitrogens is 1. The quantitative estimate of drug-likeness (QED) is 0.792. The number of thiazole rings is 1. The lowest BCUT2D eigenvalue weighted by molar-refractivity contribution is 0.0599. The topological polar surface area (TPSA) is 34.1 Å². The molecule has 0 amide bonds. The third-order valence-electron chi connectivity index (χ3n) is 3.38. The van der Waals surface area contributed by atoms with Crippen molar-refractivity contribution in [2.45, 2.75) is 38.7 Å². The Kier molecular flexibility index (Phi) is 5.42. The van der Waals surface area contributed by atoms with Crippen LogP contribution >= 0.6 is 11.3 Å². The number of rotatable bonds is 6. The molecule has 0 aromatic carbocycles. The van der Waals surface area contributed by atoms with Crippen molar-refractivity contribution in [3.8, 4) is 0 Å². The largest absolute Gasteiger partial charge is 0.371 e. The lowest BCUT2D eigenvalue weighted by Crippen LogP contribution is -2.27. The Hall–Kier alpha value is -0.450. The molecule has 1 N–H and O–H groups in total. The molecular weight excluding hydrogens is 232 g/mol. The highest BCUT2D eigenvalue weighted by atomic mass is 32.1. The van der Waals surface area contributed by atoms with E-state index in [0.717, 1.165) is 17.5 Å². The first-order chi connectivity index (χ1) is 8.36. The summed E-state index contributed by atoms with van der Waals surface area (Å²) < 4.78 is 5.81. The molecule has 1 saturated heterocycles. The number of nitrogens with one attached hydrogen (secondary N) is 1. The minimum Gasteiger partial charge on any atom is -0.371 e. The van der Waals surface area contributed by atoms with Gasteiger partial charge in [0.15, 0.2) is 0 Å². The van der Waals surface area contributed by atoms with Gasteiger partial charge in [-0.25, -0.2) is 4.98 Å². The third kappa shape index (κ3) is 4.37. The number of nitrogens with zero attached hydrogens (tertiary/aromatic N) is 1. The molecule has 0 saturated carbocycles. The third-order valence-corrected chi connectivity index (χ3v) is 4.32. The lowest BCUT2D eigenvalue weighted by Gasteiger charge is -2.22. The van der Waals surface area contributed by atoms with Crippen LogP contribution in [0.25, 0.3) is 0 Å². The molecule has 1 fully saturated rings. The van der Waals surface area contributed by atoms with E-state index >= 15 is 0 Å². The highest BCUT2D eigenvalue weighted by Gasteiger charge is 2.13. The summed E-state index contributed by atoms with van der Waals surface area (Å²) in [6, 6.07) is 0. The Labute approximate surface area is 108 Å². The average Bonchev–Trinajstić information content (AvgIpc) is 2.89. The van der Waals surface area contributed by atoms with Gasteiger partial charge in [-0.05, 0) is 51.6 Å². The molecule has 1 aliphatic heterocycles. The number of hydrogen-bond acceptors (Lipinski definition) is 4. The zero-order valence-electron chi connectivity index (χ0n) is 10.5. The second-order valence-electron chi connectivity index (χ2n) is 4.72. The van der Waals surface area contributed by atoms with Gasteiger partial charge in [0, 0.05) is 18.2 Å². The Morgan fingerprint density at radius 3 is 3.06 bits per heavy atom. The fourth-order valence-corrected chi connectivity index (χ4v) is 2.95. The Morgan fingerprint density at radius 1 is 1.53 bits per heavy atom. The molecule has 1 aliphatic rings. The molecule has 0 bridgehead atoms. The smallest absolute Gasteiger partial charge is 0.121 e. The van der Waals surface area contributed by atoms with E-state index in [1.54, 1.807) is 11.3 Å². The van der Waals surface area contributed by atoms with Gasteiger partial charge in [-0.1, -0.05) is 0 Å². The Balaban J connectivity index is 1.56. The van der Waals surface area contributed by atoms with Gasteiger partial charge >= 0.3 is 0 Å². The minimum atomic E-state index is 0.156. The summed E-state index contributed by atoms with van der Waals surface area (Å²) in [5.41, 5.74) is 0. The number of piperidine rings is 1. The molecular formula is C13H22N2OS. The molecule has 0 aliphatic carbocycles. The van der Waals surface area contributed by atoms with Gasteiger partial charge < -0.3 is 10.1 Å². The molecule has 1 atom stereocenters. The van der Waals surface area contributed by atoms with E-state index < -0.39 is 0 Å². The molecule has 3 nitrogen and oxygen atoms in total. The van der Waals surface area contributed by atoms with Crippen molar-refractivity contribution in [1.29, 1.82) is 0 Å². The fraction of sp³-hybridized carbons (Fsp3) is 0.769. The van der Waals surface area contributed by atoms with Gasteiger partial charge in [-0.2, -0.15) is 0 Å². The molecule has 17 heavy (non-hydrogen) atoms. The summed E-state index contributed by atoms with van der Waals surface area (Å²) in [6.07, 6.45) is 7.16. The molecule has 96 valence electrons. The van der Waals surface area contributed by atoms with Crippen molar-refractivity contribution < 1.29 is 4.74 Å². The number of ether oxygens (including phenoxy) is 1. The maximum atomic E-state index is 5.81. The highest BCUT2D eigenvalue weighted by Crippen LogP contribution is 2.21. The predicted octanol–water partition coefficient (Wildman–Crippen LogP) is 3.00. The summed E-state index contributed by atoms with van der Waals surface area (Å²) in [5, 5.41) is 6.50. The molecule has 0 radical (unpaired) electrons. The maximum absolute atomic E-state index is 5.81. The van der Waals surface area contributed by atoms with Crippen LogP contribution < -0.4 is 5.32 Å². The van der Waals surface area contributed by atoms with Crippen LogP contribution in [0, 0.1) is 5.92 Å². The molecule has 0 unspecified atom stereocenters. The van der Waals surface area contributed by atoms with E-state index in [1.807, 2.05) is 11.6 Å². The summed E-state index contributed by atoms with van der Waals surface area (Å²) in [4.78, 5) is 4.27. The van der Waals surface area contributed by atoms with E-state index in [1.165, 1.54) is 38.8 Å². The van der Waals surface area contributed by atoms with Crippen molar-refractivity contribution in [2.75, 3.05) is 19.7 Å². The zero-order valence-corrected chi connectivity index (χ0v) is 11.3. The Bertz CT molecular complexity index is 296. The van der Waals surface area contributed by atoms with Crippen LogP contribution in [0.4, 0.5) is 0 Å². The molecule has 2 rings (SSSR count).